The fourth-order valence-electron chi connectivity index (χ4n) is 1.89. The zero-order chi connectivity index (χ0) is 15.1. The number of rotatable bonds is 6. The minimum Gasteiger partial charge on any atom is -0.383 e. The van der Waals surface area contributed by atoms with Crippen molar-refractivity contribution < 1.29 is 13.9 Å². The van der Waals surface area contributed by atoms with Gasteiger partial charge >= 0.3 is 6.03 Å². The molecule has 1 aromatic rings. The molecule has 112 valence electrons. The average Bonchev–Trinajstić information content (AvgIpc) is 2.38. The Bertz CT molecular complexity index is 429. The van der Waals surface area contributed by atoms with Gasteiger partial charge in [0.05, 0.1) is 12.3 Å². The summed E-state index contributed by atoms with van der Waals surface area (Å²) in [5, 5.41) is 2.65. The molecular formula is C15H23FN2O2. The third-order valence-corrected chi connectivity index (χ3v) is 2.89. The zero-order valence-corrected chi connectivity index (χ0v) is 12.6. The van der Waals surface area contributed by atoms with Gasteiger partial charge in [0.1, 0.15) is 5.82 Å². The highest BCUT2D eigenvalue weighted by Gasteiger charge is 2.17. The Morgan fingerprint density at radius 1 is 1.45 bits per heavy atom. The lowest BCUT2D eigenvalue weighted by atomic mass is 10.2. The van der Waals surface area contributed by atoms with E-state index in [1.165, 1.54) is 6.07 Å². The second-order valence-corrected chi connectivity index (χ2v) is 5.19. The molecule has 5 heteroatoms. The van der Waals surface area contributed by atoms with Crippen LogP contribution in [0.1, 0.15) is 19.4 Å². The summed E-state index contributed by atoms with van der Waals surface area (Å²) < 4.78 is 18.7. The molecule has 2 amide bonds. The van der Waals surface area contributed by atoms with Crippen LogP contribution < -0.4 is 5.32 Å². The highest BCUT2D eigenvalue weighted by molar-refractivity contribution is 5.90. The van der Waals surface area contributed by atoms with Crippen LogP contribution in [0.2, 0.25) is 0 Å². The molecule has 1 N–H and O–H groups in total. The van der Waals surface area contributed by atoms with Crippen LogP contribution in [-0.2, 0) is 4.74 Å². The quantitative estimate of drug-likeness (QED) is 0.870. The van der Waals surface area contributed by atoms with E-state index in [1.54, 1.807) is 31.1 Å². The predicted molar refractivity (Wildman–Crippen MR) is 78.4 cm³/mol. The topological polar surface area (TPSA) is 41.6 Å². The summed E-state index contributed by atoms with van der Waals surface area (Å²) in [7, 11) is 1.59. The number of ether oxygens (including phenoxy) is 1. The van der Waals surface area contributed by atoms with Gasteiger partial charge in [-0.25, -0.2) is 9.18 Å². The van der Waals surface area contributed by atoms with Crippen LogP contribution in [0.3, 0.4) is 0 Å². The largest absolute Gasteiger partial charge is 0.383 e. The van der Waals surface area contributed by atoms with Crippen LogP contribution in [0.15, 0.2) is 18.2 Å². The number of aryl methyl sites for hydroxylation is 1. The molecule has 1 aromatic carbocycles. The van der Waals surface area contributed by atoms with Crippen LogP contribution in [-0.4, -0.2) is 37.7 Å². The molecule has 0 aliphatic carbocycles. The fraction of sp³-hybridized carbons (Fsp3) is 0.533. The third-order valence-electron chi connectivity index (χ3n) is 2.89. The van der Waals surface area contributed by atoms with Gasteiger partial charge in [-0.15, -0.1) is 0 Å². The van der Waals surface area contributed by atoms with E-state index < -0.39 is 5.82 Å². The van der Waals surface area contributed by atoms with Crippen molar-refractivity contribution in [2.24, 2.45) is 5.92 Å². The van der Waals surface area contributed by atoms with Gasteiger partial charge in [0.25, 0.3) is 0 Å². The van der Waals surface area contributed by atoms with E-state index in [4.69, 9.17) is 4.74 Å². The number of urea groups is 1. The van der Waals surface area contributed by atoms with Crippen LogP contribution in [0.25, 0.3) is 0 Å². The smallest absolute Gasteiger partial charge is 0.322 e. The van der Waals surface area contributed by atoms with E-state index in [1.807, 2.05) is 13.8 Å². The number of hydrogen-bond acceptors (Lipinski definition) is 2. The van der Waals surface area contributed by atoms with E-state index in [9.17, 15) is 9.18 Å². The summed E-state index contributed by atoms with van der Waals surface area (Å²) in [5.41, 5.74) is 0.943. The molecule has 20 heavy (non-hydrogen) atoms. The molecule has 4 nitrogen and oxygen atoms in total. The molecule has 0 heterocycles. The Kier molecular flexibility index (Phi) is 6.45. The minimum atomic E-state index is -0.422. The van der Waals surface area contributed by atoms with Crippen molar-refractivity contribution in [2.45, 2.75) is 20.8 Å². The Labute approximate surface area is 119 Å². The SMILES string of the molecule is COCCN(CC(C)C)C(=O)Nc1c(C)cccc1F. The van der Waals surface area contributed by atoms with Gasteiger partial charge in [0.15, 0.2) is 0 Å². The lowest BCUT2D eigenvalue weighted by Crippen LogP contribution is -2.40. The first-order valence-corrected chi connectivity index (χ1v) is 6.75. The Morgan fingerprint density at radius 2 is 2.15 bits per heavy atom. The average molecular weight is 282 g/mol. The predicted octanol–water partition coefficient (Wildman–Crippen LogP) is 3.27. The number of methoxy groups -OCH3 is 1. The van der Waals surface area contributed by atoms with Gasteiger partial charge in [-0.05, 0) is 24.5 Å². The molecule has 0 aromatic heterocycles. The second-order valence-electron chi connectivity index (χ2n) is 5.19. The maximum Gasteiger partial charge on any atom is 0.322 e. The Morgan fingerprint density at radius 3 is 2.70 bits per heavy atom. The first-order valence-electron chi connectivity index (χ1n) is 6.75. The first-order chi connectivity index (χ1) is 9.45. The molecule has 0 aliphatic rings. The second kappa shape index (κ2) is 7.85. The number of nitrogens with one attached hydrogen (secondary N) is 1. The third kappa shape index (κ3) is 4.81. The van der Waals surface area contributed by atoms with E-state index in [0.29, 0.717) is 31.2 Å². The number of halogens is 1. The summed E-state index contributed by atoms with van der Waals surface area (Å²) in [6.45, 7) is 7.36. The molecule has 0 fully saturated rings. The first kappa shape index (κ1) is 16.4. The molecular weight excluding hydrogens is 259 g/mol. The normalized spacial score (nSPS) is 10.7. The highest BCUT2D eigenvalue weighted by Crippen LogP contribution is 2.19. The van der Waals surface area contributed by atoms with Gasteiger partial charge in [-0.2, -0.15) is 0 Å². The molecule has 0 bridgehead atoms. The zero-order valence-electron chi connectivity index (χ0n) is 12.6. The number of carbonyl (C=O) groups is 1. The van der Waals surface area contributed by atoms with Crippen molar-refractivity contribution in [1.29, 1.82) is 0 Å². The Balaban J connectivity index is 2.79. The van der Waals surface area contributed by atoms with Crippen LogP contribution in [0, 0.1) is 18.7 Å². The maximum atomic E-state index is 13.7. The van der Waals surface area contributed by atoms with Crippen molar-refractivity contribution in [2.75, 3.05) is 32.1 Å². The number of hydrogen-bond donors (Lipinski definition) is 1. The summed E-state index contributed by atoms with van der Waals surface area (Å²) in [6.07, 6.45) is 0. The molecule has 0 aliphatic heterocycles. The van der Waals surface area contributed by atoms with Crippen molar-refractivity contribution >= 4 is 11.7 Å². The molecule has 0 unspecified atom stereocenters. The van der Waals surface area contributed by atoms with Crippen LogP contribution in [0.4, 0.5) is 14.9 Å². The van der Waals surface area contributed by atoms with Crippen LogP contribution in [0.5, 0.6) is 0 Å². The van der Waals surface area contributed by atoms with E-state index in [0.717, 1.165) is 0 Å². The number of benzene rings is 1. The lowest BCUT2D eigenvalue weighted by molar-refractivity contribution is 0.150. The van der Waals surface area contributed by atoms with Crippen molar-refractivity contribution in [3.8, 4) is 0 Å². The number of carbonyl (C=O) groups excluding carboxylic acids is 1. The number of anilines is 1. The molecule has 0 saturated carbocycles. The van der Waals surface area contributed by atoms with Gasteiger partial charge in [0.2, 0.25) is 0 Å². The van der Waals surface area contributed by atoms with E-state index in [-0.39, 0.29) is 11.7 Å². The number of amides is 2. The summed E-state index contributed by atoms with van der Waals surface area (Å²) in [5.74, 6) is -0.0890. The van der Waals surface area contributed by atoms with E-state index in [2.05, 4.69) is 5.32 Å². The standard InChI is InChI=1S/C15H23FN2O2/c1-11(2)10-18(8-9-20-4)15(19)17-14-12(3)6-5-7-13(14)16/h5-7,11H,8-10H2,1-4H3,(H,17,19). The van der Waals surface area contributed by atoms with Crippen molar-refractivity contribution in [3.63, 3.8) is 0 Å². The van der Waals surface area contributed by atoms with Crippen molar-refractivity contribution in [3.05, 3.63) is 29.6 Å². The van der Waals surface area contributed by atoms with E-state index >= 15 is 0 Å². The fourth-order valence-corrected chi connectivity index (χ4v) is 1.89. The lowest BCUT2D eigenvalue weighted by Gasteiger charge is -2.25. The highest BCUT2D eigenvalue weighted by atomic mass is 19.1. The number of para-hydroxylation sites is 1. The Hall–Kier alpha value is -1.62. The van der Waals surface area contributed by atoms with Gasteiger partial charge in [-0.1, -0.05) is 26.0 Å². The van der Waals surface area contributed by atoms with Crippen LogP contribution >= 0.6 is 0 Å². The minimum absolute atomic E-state index is 0.240. The monoisotopic (exact) mass is 282 g/mol. The molecule has 1 rings (SSSR count). The maximum absolute atomic E-state index is 13.7. The number of nitrogens with zero attached hydrogens (tertiary/aromatic N) is 1. The molecule has 0 radical (unpaired) electrons. The molecule has 0 saturated heterocycles. The summed E-state index contributed by atoms with van der Waals surface area (Å²) >= 11 is 0. The van der Waals surface area contributed by atoms with Gasteiger partial charge < -0.3 is 15.0 Å². The summed E-state index contributed by atoms with van der Waals surface area (Å²) in [4.78, 5) is 13.9. The summed E-state index contributed by atoms with van der Waals surface area (Å²) in [6, 6.07) is 4.42. The molecule has 0 atom stereocenters. The van der Waals surface area contributed by atoms with Gasteiger partial charge in [0, 0.05) is 20.2 Å². The molecule has 0 spiro atoms. The van der Waals surface area contributed by atoms with Crippen molar-refractivity contribution in [1.82, 2.24) is 4.90 Å². The van der Waals surface area contributed by atoms with Gasteiger partial charge in [-0.3, -0.25) is 0 Å².